The smallest absolute Gasteiger partial charge is 0.123 e. The van der Waals surface area contributed by atoms with Crippen LogP contribution in [0.1, 0.15) is 18.4 Å². The maximum absolute atomic E-state index is 5.53. The molecule has 0 amide bonds. The van der Waals surface area contributed by atoms with E-state index < -0.39 is 0 Å². The molecule has 0 aromatic heterocycles. The molecule has 2 rings (SSSR count). The van der Waals surface area contributed by atoms with Crippen LogP contribution in [0.4, 0.5) is 0 Å². The normalized spacial score (nSPS) is 21.6. The number of hydrogen-bond donors (Lipinski definition) is 0. The van der Waals surface area contributed by atoms with Gasteiger partial charge in [-0.15, -0.1) is 0 Å². The molecule has 1 nitrogen and oxygen atoms in total. The van der Waals surface area contributed by atoms with Crippen LogP contribution in [0.5, 0.6) is 0 Å². The van der Waals surface area contributed by atoms with Crippen LogP contribution in [0.2, 0.25) is 0 Å². The van der Waals surface area contributed by atoms with Crippen LogP contribution in [0.15, 0.2) is 54.8 Å². The van der Waals surface area contributed by atoms with Gasteiger partial charge in [0.2, 0.25) is 0 Å². The highest BCUT2D eigenvalue weighted by molar-refractivity contribution is 5.23. The molecule has 2 atom stereocenters. The molecule has 14 heavy (non-hydrogen) atoms. The van der Waals surface area contributed by atoms with Crippen LogP contribution in [-0.4, -0.2) is 6.10 Å². The zero-order chi connectivity index (χ0) is 9.80. The van der Waals surface area contributed by atoms with Crippen molar-refractivity contribution >= 4 is 0 Å². The third kappa shape index (κ3) is 1.87. The van der Waals surface area contributed by atoms with Crippen LogP contribution in [0.25, 0.3) is 0 Å². The summed E-state index contributed by atoms with van der Waals surface area (Å²) in [6.45, 7) is 2.18. The van der Waals surface area contributed by atoms with Crippen molar-refractivity contribution in [1.82, 2.24) is 0 Å². The van der Waals surface area contributed by atoms with Gasteiger partial charge in [0.25, 0.3) is 0 Å². The summed E-state index contributed by atoms with van der Waals surface area (Å²) in [7, 11) is 0. The predicted octanol–water partition coefficient (Wildman–Crippen LogP) is 3.26. The highest BCUT2D eigenvalue weighted by Gasteiger charge is 2.17. The highest BCUT2D eigenvalue weighted by atomic mass is 16.5. The summed E-state index contributed by atoms with van der Waals surface area (Å²) in [5.74, 6) is 0.400. The van der Waals surface area contributed by atoms with Crippen LogP contribution in [-0.2, 0) is 4.74 Å². The van der Waals surface area contributed by atoms with Gasteiger partial charge in [-0.05, 0) is 17.7 Å². The Hall–Kier alpha value is -1.50. The maximum Gasteiger partial charge on any atom is 0.123 e. The molecule has 2 unspecified atom stereocenters. The van der Waals surface area contributed by atoms with Crippen molar-refractivity contribution in [2.45, 2.75) is 18.9 Å². The summed E-state index contributed by atoms with van der Waals surface area (Å²) >= 11 is 0. The van der Waals surface area contributed by atoms with E-state index in [1.807, 2.05) is 18.2 Å². The number of ether oxygens (including phenoxy) is 1. The lowest BCUT2D eigenvalue weighted by Gasteiger charge is -2.22. The van der Waals surface area contributed by atoms with Crippen LogP contribution < -0.4 is 0 Å². The quantitative estimate of drug-likeness (QED) is 0.688. The topological polar surface area (TPSA) is 9.23 Å². The van der Waals surface area contributed by atoms with Gasteiger partial charge < -0.3 is 4.74 Å². The van der Waals surface area contributed by atoms with Gasteiger partial charge in [0.05, 0.1) is 6.26 Å². The van der Waals surface area contributed by atoms with E-state index in [1.54, 1.807) is 6.26 Å². The summed E-state index contributed by atoms with van der Waals surface area (Å²) in [4.78, 5) is 0. The van der Waals surface area contributed by atoms with Gasteiger partial charge in [-0.25, -0.2) is 0 Å². The first-order chi connectivity index (χ1) is 6.88. The molecule has 0 radical (unpaired) electrons. The van der Waals surface area contributed by atoms with Gasteiger partial charge in [-0.1, -0.05) is 43.3 Å². The van der Waals surface area contributed by atoms with Crippen LogP contribution in [0.3, 0.4) is 0 Å². The van der Waals surface area contributed by atoms with Gasteiger partial charge in [-0.2, -0.15) is 0 Å². The second-order valence-electron chi connectivity index (χ2n) is 3.51. The summed E-state index contributed by atoms with van der Waals surface area (Å²) in [6.07, 6.45) is 7.96. The largest absolute Gasteiger partial charge is 0.493 e. The van der Waals surface area contributed by atoms with Crippen molar-refractivity contribution in [3.8, 4) is 0 Å². The Labute approximate surface area is 84.7 Å². The first-order valence-electron chi connectivity index (χ1n) is 4.91. The molecule has 0 fully saturated rings. The zero-order valence-corrected chi connectivity index (χ0v) is 8.26. The van der Waals surface area contributed by atoms with Crippen molar-refractivity contribution in [3.05, 3.63) is 60.4 Å². The van der Waals surface area contributed by atoms with E-state index in [4.69, 9.17) is 4.74 Å². The van der Waals surface area contributed by atoms with E-state index in [0.29, 0.717) is 5.92 Å². The fraction of sp³-hybridized carbons (Fsp3) is 0.231. The van der Waals surface area contributed by atoms with E-state index in [2.05, 4.69) is 37.3 Å². The summed E-state index contributed by atoms with van der Waals surface area (Å²) < 4.78 is 5.53. The van der Waals surface area contributed by atoms with E-state index in [9.17, 15) is 0 Å². The number of benzene rings is 1. The molecule has 72 valence electrons. The summed E-state index contributed by atoms with van der Waals surface area (Å²) in [6, 6.07) is 10.4. The molecule has 1 aromatic rings. The molecule has 1 heterocycles. The number of rotatable bonds is 2. The zero-order valence-electron chi connectivity index (χ0n) is 8.26. The Morgan fingerprint density at radius 2 is 1.93 bits per heavy atom. The lowest BCUT2D eigenvalue weighted by Crippen LogP contribution is -2.16. The lowest BCUT2D eigenvalue weighted by molar-refractivity contribution is 0.161. The molecular weight excluding hydrogens is 172 g/mol. The Bertz CT molecular complexity index is 338. The molecule has 1 aliphatic heterocycles. The second-order valence-corrected chi connectivity index (χ2v) is 3.51. The first-order valence-corrected chi connectivity index (χ1v) is 4.91. The summed E-state index contributed by atoms with van der Waals surface area (Å²) in [5, 5.41) is 0. The minimum Gasteiger partial charge on any atom is -0.493 e. The fourth-order valence-corrected chi connectivity index (χ4v) is 1.63. The Morgan fingerprint density at radius 3 is 2.57 bits per heavy atom. The van der Waals surface area contributed by atoms with Crippen molar-refractivity contribution < 1.29 is 4.74 Å². The molecule has 1 aromatic carbocycles. The molecule has 0 spiro atoms. The third-order valence-electron chi connectivity index (χ3n) is 2.54. The number of hydrogen-bond acceptors (Lipinski definition) is 1. The van der Waals surface area contributed by atoms with Crippen LogP contribution in [0, 0.1) is 0 Å². The lowest BCUT2D eigenvalue weighted by atomic mass is 9.94. The average molecular weight is 186 g/mol. The van der Waals surface area contributed by atoms with Gasteiger partial charge in [0.15, 0.2) is 0 Å². The van der Waals surface area contributed by atoms with E-state index >= 15 is 0 Å². The molecular formula is C13H14O. The maximum atomic E-state index is 5.53. The van der Waals surface area contributed by atoms with Gasteiger partial charge in [-0.3, -0.25) is 0 Å². The van der Waals surface area contributed by atoms with Gasteiger partial charge in [0, 0.05) is 5.92 Å². The average Bonchev–Trinajstić information content (AvgIpc) is 2.30. The van der Waals surface area contributed by atoms with Crippen LogP contribution >= 0.6 is 0 Å². The second kappa shape index (κ2) is 4.14. The van der Waals surface area contributed by atoms with E-state index in [-0.39, 0.29) is 6.10 Å². The predicted molar refractivity (Wildman–Crippen MR) is 58.0 cm³/mol. The molecule has 0 aliphatic carbocycles. The highest BCUT2D eigenvalue weighted by Crippen LogP contribution is 2.23. The monoisotopic (exact) mass is 186 g/mol. The van der Waals surface area contributed by atoms with Gasteiger partial charge in [0.1, 0.15) is 6.10 Å². The van der Waals surface area contributed by atoms with Gasteiger partial charge >= 0.3 is 0 Å². The fourth-order valence-electron chi connectivity index (χ4n) is 1.63. The molecule has 1 heteroatoms. The first kappa shape index (κ1) is 9.07. The Kier molecular flexibility index (Phi) is 2.68. The van der Waals surface area contributed by atoms with E-state index in [1.165, 1.54) is 5.56 Å². The SMILES string of the molecule is CC(c1ccccc1)C1C=CC=CO1. The van der Waals surface area contributed by atoms with E-state index in [0.717, 1.165) is 0 Å². The molecule has 0 bridgehead atoms. The minimum atomic E-state index is 0.169. The Balaban J connectivity index is 2.12. The standard InChI is InChI=1S/C13H14O/c1-11(12-7-3-2-4-8-12)13-9-5-6-10-14-13/h2-11,13H,1H3. The summed E-state index contributed by atoms with van der Waals surface area (Å²) in [5.41, 5.74) is 1.32. The van der Waals surface area contributed by atoms with Crippen molar-refractivity contribution in [1.29, 1.82) is 0 Å². The number of allylic oxidation sites excluding steroid dienone is 2. The van der Waals surface area contributed by atoms with Crippen molar-refractivity contribution in [2.24, 2.45) is 0 Å². The molecule has 0 saturated carbocycles. The van der Waals surface area contributed by atoms with Crippen molar-refractivity contribution in [3.63, 3.8) is 0 Å². The minimum absolute atomic E-state index is 0.169. The molecule has 0 saturated heterocycles. The molecule has 1 aliphatic rings. The Morgan fingerprint density at radius 1 is 1.14 bits per heavy atom. The molecule has 0 N–H and O–H groups in total. The van der Waals surface area contributed by atoms with Crippen molar-refractivity contribution in [2.75, 3.05) is 0 Å². The third-order valence-corrected chi connectivity index (χ3v) is 2.54.